The van der Waals surface area contributed by atoms with E-state index in [1.165, 1.54) is 71.8 Å². The summed E-state index contributed by atoms with van der Waals surface area (Å²) >= 11 is 0. The molecule has 38 heavy (non-hydrogen) atoms. The number of benzene rings is 6. The molecule has 1 unspecified atom stereocenters. The fourth-order valence-corrected chi connectivity index (χ4v) is 6.37. The Morgan fingerprint density at radius 3 is 2.05 bits per heavy atom. The van der Waals surface area contributed by atoms with Crippen LogP contribution in [0.25, 0.3) is 44.3 Å². The van der Waals surface area contributed by atoms with Gasteiger partial charge in [-0.3, -0.25) is 0 Å². The molecule has 8 rings (SSSR count). The molecule has 0 radical (unpaired) electrons. The standard InChI is InChI=1S/C37H25N/c1-6-17-31-24(10-1)20-21-33-36(32-18-7-8-19-34(32)38-37(31)33)28-14-9-13-27(23-28)35-29-15-4-2-11-25(29)22-26-12-3-5-16-30(26)35/h1-23,37-38H. The van der Waals surface area contributed by atoms with Crippen molar-refractivity contribution in [3.8, 4) is 11.1 Å². The first-order valence-corrected chi connectivity index (χ1v) is 13.2. The Bertz CT molecular complexity index is 1900. The van der Waals surface area contributed by atoms with E-state index in [-0.39, 0.29) is 6.04 Å². The van der Waals surface area contributed by atoms with Gasteiger partial charge in [-0.1, -0.05) is 121 Å². The van der Waals surface area contributed by atoms with Gasteiger partial charge in [0, 0.05) is 11.3 Å². The van der Waals surface area contributed by atoms with E-state index in [0.717, 1.165) is 0 Å². The van der Waals surface area contributed by atoms with Gasteiger partial charge < -0.3 is 5.32 Å². The van der Waals surface area contributed by atoms with E-state index in [2.05, 4.69) is 145 Å². The Balaban J connectivity index is 1.40. The van der Waals surface area contributed by atoms with Crippen LogP contribution in [0.2, 0.25) is 0 Å². The molecule has 0 aromatic heterocycles. The van der Waals surface area contributed by atoms with Crippen LogP contribution in [0.3, 0.4) is 0 Å². The maximum atomic E-state index is 3.84. The van der Waals surface area contributed by atoms with Crippen molar-refractivity contribution in [2.45, 2.75) is 6.04 Å². The topological polar surface area (TPSA) is 12.0 Å². The van der Waals surface area contributed by atoms with Gasteiger partial charge in [0.2, 0.25) is 0 Å². The van der Waals surface area contributed by atoms with E-state index in [4.69, 9.17) is 0 Å². The first-order chi connectivity index (χ1) is 18.8. The van der Waals surface area contributed by atoms with E-state index in [0.29, 0.717) is 0 Å². The van der Waals surface area contributed by atoms with E-state index >= 15 is 0 Å². The third-order valence-electron chi connectivity index (χ3n) is 8.06. The fourth-order valence-electron chi connectivity index (χ4n) is 6.37. The van der Waals surface area contributed by atoms with Crippen molar-refractivity contribution in [2.24, 2.45) is 0 Å². The predicted molar refractivity (Wildman–Crippen MR) is 161 cm³/mol. The minimum atomic E-state index is 0.128. The molecule has 2 aliphatic rings. The molecule has 0 saturated heterocycles. The highest BCUT2D eigenvalue weighted by Crippen LogP contribution is 2.47. The number of fused-ring (bicyclic) bond motifs is 6. The average Bonchev–Trinajstić information content (AvgIpc) is 2.98. The SMILES string of the molecule is C1=Cc2ccccc2C2Nc3ccccc3C(c3cccc(-c4c5ccccc5cc5ccccc45)c3)=C12. The van der Waals surface area contributed by atoms with Crippen molar-refractivity contribution >= 4 is 38.9 Å². The van der Waals surface area contributed by atoms with Gasteiger partial charge in [0.1, 0.15) is 0 Å². The van der Waals surface area contributed by atoms with Crippen molar-refractivity contribution in [1.82, 2.24) is 0 Å². The van der Waals surface area contributed by atoms with Crippen molar-refractivity contribution in [2.75, 3.05) is 5.32 Å². The molecule has 178 valence electrons. The molecule has 1 N–H and O–H groups in total. The molecule has 0 amide bonds. The summed E-state index contributed by atoms with van der Waals surface area (Å²) in [6.45, 7) is 0. The first-order valence-electron chi connectivity index (χ1n) is 13.2. The summed E-state index contributed by atoms with van der Waals surface area (Å²) < 4.78 is 0. The van der Waals surface area contributed by atoms with Crippen LogP contribution in [0.5, 0.6) is 0 Å². The summed E-state index contributed by atoms with van der Waals surface area (Å²) in [5, 5.41) is 8.96. The zero-order valence-corrected chi connectivity index (χ0v) is 20.9. The molecule has 1 heteroatoms. The minimum absolute atomic E-state index is 0.128. The lowest BCUT2D eigenvalue weighted by Crippen LogP contribution is -2.22. The van der Waals surface area contributed by atoms with E-state index in [1.807, 2.05) is 0 Å². The molecule has 6 aromatic rings. The molecule has 6 aromatic carbocycles. The quantitative estimate of drug-likeness (QED) is 0.242. The molecular weight excluding hydrogens is 458 g/mol. The second-order valence-electron chi connectivity index (χ2n) is 10.2. The summed E-state index contributed by atoms with van der Waals surface area (Å²) in [5.41, 5.74) is 11.5. The van der Waals surface area contributed by atoms with Crippen molar-refractivity contribution in [3.05, 3.63) is 161 Å². The number of para-hydroxylation sites is 1. The molecule has 1 aliphatic carbocycles. The highest BCUT2D eigenvalue weighted by molar-refractivity contribution is 6.13. The smallest absolute Gasteiger partial charge is 0.0779 e. The van der Waals surface area contributed by atoms with Crippen LogP contribution >= 0.6 is 0 Å². The van der Waals surface area contributed by atoms with E-state index in [1.54, 1.807) is 0 Å². The van der Waals surface area contributed by atoms with Crippen LogP contribution in [0.1, 0.15) is 28.3 Å². The zero-order valence-electron chi connectivity index (χ0n) is 20.9. The summed E-state index contributed by atoms with van der Waals surface area (Å²) in [7, 11) is 0. The first kappa shape index (κ1) is 21.2. The van der Waals surface area contributed by atoms with Gasteiger partial charge in [-0.05, 0) is 78.7 Å². The third kappa shape index (κ3) is 3.19. The highest BCUT2D eigenvalue weighted by atomic mass is 14.9. The van der Waals surface area contributed by atoms with Crippen LogP contribution in [-0.4, -0.2) is 0 Å². The molecule has 0 bridgehead atoms. The van der Waals surface area contributed by atoms with Crippen LogP contribution < -0.4 is 5.32 Å². The Labute approximate surface area is 222 Å². The predicted octanol–water partition coefficient (Wildman–Crippen LogP) is 9.66. The van der Waals surface area contributed by atoms with Crippen molar-refractivity contribution < 1.29 is 0 Å². The van der Waals surface area contributed by atoms with E-state index < -0.39 is 0 Å². The highest BCUT2D eigenvalue weighted by Gasteiger charge is 2.30. The van der Waals surface area contributed by atoms with Gasteiger partial charge in [-0.25, -0.2) is 0 Å². The lowest BCUT2D eigenvalue weighted by Gasteiger charge is -2.34. The maximum absolute atomic E-state index is 3.84. The molecule has 1 aliphatic heterocycles. The van der Waals surface area contributed by atoms with Gasteiger partial charge in [-0.15, -0.1) is 0 Å². The van der Waals surface area contributed by atoms with Gasteiger partial charge in [0.15, 0.2) is 0 Å². The number of nitrogens with one attached hydrogen (secondary N) is 1. The van der Waals surface area contributed by atoms with Gasteiger partial charge in [0.05, 0.1) is 6.04 Å². The molecule has 0 saturated carbocycles. The second-order valence-corrected chi connectivity index (χ2v) is 10.2. The monoisotopic (exact) mass is 483 g/mol. The van der Waals surface area contributed by atoms with Crippen molar-refractivity contribution in [1.29, 1.82) is 0 Å². The zero-order chi connectivity index (χ0) is 25.1. The molecule has 1 nitrogen and oxygen atoms in total. The molecule has 0 fully saturated rings. The Kier molecular flexibility index (Phi) is 4.65. The molecular formula is C37H25N. The summed E-state index contributed by atoms with van der Waals surface area (Å²) in [5.74, 6) is 0. The van der Waals surface area contributed by atoms with Crippen LogP contribution in [0.15, 0.2) is 139 Å². The Morgan fingerprint density at radius 2 is 1.21 bits per heavy atom. The van der Waals surface area contributed by atoms with Crippen molar-refractivity contribution in [3.63, 3.8) is 0 Å². The summed E-state index contributed by atoms with van der Waals surface area (Å²) in [4.78, 5) is 0. The van der Waals surface area contributed by atoms with Gasteiger partial charge in [-0.2, -0.15) is 0 Å². The number of rotatable bonds is 2. The Morgan fingerprint density at radius 1 is 0.526 bits per heavy atom. The summed E-state index contributed by atoms with van der Waals surface area (Å²) in [6, 6.07) is 46.5. The number of anilines is 1. The summed E-state index contributed by atoms with van der Waals surface area (Å²) in [6.07, 6.45) is 4.57. The molecule has 1 heterocycles. The number of hydrogen-bond acceptors (Lipinski definition) is 1. The van der Waals surface area contributed by atoms with Crippen LogP contribution in [-0.2, 0) is 0 Å². The lowest BCUT2D eigenvalue weighted by molar-refractivity contribution is 0.917. The Hall–Kier alpha value is -4.88. The lowest BCUT2D eigenvalue weighted by atomic mass is 9.79. The van der Waals surface area contributed by atoms with Crippen LogP contribution in [0.4, 0.5) is 5.69 Å². The maximum Gasteiger partial charge on any atom is 0.0779 e. The van der Waals surface area contributed by atoms with E-state index in [9.17, 15) is 0 Å². The second kappa shape index (κ2) is 8.33. The normalized spacial score (nSPS) is 15.6. The largest absolute Gasteiger partial charge is 0.374 e. The van der Waals surface area contributed by atoms with Crippen LogP contribution in [0, 0.1) is 0 Å². The van der Waals surface area contributed by atoms with Gasteiger partial charge in [0.25, 0.3) is 0 Å². The average molecular weight is 484 g/mol. The third-order valence-corrected chi connectivity index (χ3v) is 8.06. The molecule has 1 atom stereocenters. The van der Waals surface area contributed by atoms with Gasteiger partial charge >= 0.3 is 0 Å². The fraction of sp³-hybridized carbons (Fsp3) is 0.0270. The molecule has 0 spiro atoms. The number of hydrogen-bond donors (Lipinski definition) is 1. The minimum Gasteiger partial charge on any atom is -0.374 e.